The van der Waals surface area contributed by atoms with Crippen LogP contribution in [0.3, 0.4) is 0 Å². The van der Waals surface area contributed by atoms with Crippen LogP contribution >= 0.6 is 12.4 Å². The third-order valence-electron chi connectivity index (χ3n) is 4.89. The number of halogens is 2. The number of piperazine rings is 1. The number of ether oxygens (including phenoxy) is 1. The van der Waals surface area contributed by atoms with Crippen molar-refractivity contribution in [3.63, 3.8) is 0 Å². The first-order valence-corrected chi connectivity index (χ1v) is 9.49. The maximum Gasteiger partial charge on any atom is 0.225 e. The molecule has 152 valence electrons. The summed E-state index contributed by atoms with van der Waals surface area (Å²) >= 11 is 0. The highest BCUT2D eigenvalue weighted by Gasteiger charge is 2.23. The minimum Gasteiger partial charge on any atom is -0.484 e. The van der Waals surface area contributed by atoms with Crippen LogP contribution in [0.4, 0.5) is 10.3 Å². The summed E-state index contributed by atoms with van der Waals surface area (Å²) in [6.45, 7) is 4.34. The summed E-state index contributed by atoms with van der Waals surface area (Å²) in [6.07, 6.45) is 3.43. The van der Waals surface area contributed by atoms with Crippen molar-refractivity contribution in [3.05, 3.63) is 84.4 Å². The van der Waals surface area contributed by atoms with Gasteiger partial charge in [-0.05, 0) is 35.9 Å². The largest absolute Gasteiger partial charge is 0.484 e. The summed E-state index contributed by atoms with van der Waals surface area (Å²) in [7, 11) is 0. The fourth-order valence-corrected chi connectivity index (χ4v) is 3.38. The normalized spacial score (nSPS) is 15.4. The van der Waals surface area contributed by atoms with Gasteiger partial charge in [0.1, 0.15) is 17.7 Å². The molecule has 29 heavy (non-hydrogen) atoms. The lowest BCUT2D eigenvalue weighted by molar-refractivity contribution is 0.128. The number of rotatable bonds is 6. The number of anilines is 1. The van der Waals surface area contributed by atoms with E-state index < -0.39 is 0 Å². The van der Waals surface area contributed by atoms with E-state index in [0.29, 0.717) is 5.75 Å². The Hall–Kier alpha value is -2.70. The molecule has 0 N–H and O–H groups in total. The Labute approximate surface area is 176 Å². The molecule has 7 heteroatoms. The van der Waals surface area contributed by atoms with Gasteiger partial charge in [0.15, 0.2) is 0 Å². The second kappa shape index (κ2) is 10.2. The smallest absolute Gasteiger partial charge is 0.225 e. The molecular weight excluding hydrogens is 391 g/mol. The van der Waals surface area contributed by atoms with Crippen molar-refractivity contribution in [1.29, 1.82) is 0 Å². The topological polar surface area (TPSA) is 41.5 Å². The molecule has 2 heterocycles. The van der Waals surface area contributed by atoms with Gasteiger partial charge in [-0.3, -0.25) is 4.90 Å². The Kier molecular flexibility index (Phi) is 7.38. The third-order valence-corrected chi connectivity index (χ3v) is 4.89. The molecule has 5 nitrogen and oxygen atoms in total. The van der Waals surface area contributed by atoms with Gasteiger partial charge < -0.3 is 9.64 Å². The maximum absolute atomic E-state index is 13.2. The van der Waals surface area contributed by atoms with Gasteiger partial charge in [0.05, 0.1) is 0 Å². The van der Waals surface area contributed by atoms with E-state index in [0.717, 1.165) is 44.2 Å². The lowest BCUT2D eigenvalue weighted by atomic mass is 10.1. The minimum absolute atomic E-state index is 0. The molecule has 0 radical (unpaired) electrons. The van der Waals surface area contributed by atoms with Crippen LogP contribution in [0, 0.1) is 5.82 Å². The molecule has 0 bridgehead atoms. The summed E-state index contributed by atoms with van der Waals surface area (Å²) < 4.78 is 19.4. The molecule has 4 rings (SSSR count). The molecule has 1 aliphatic rings. The number of aromatic nitrogens is 2. The van der Waals surface area contributed by atoms with E-state index in [1.54, 1.807) is 24.5 Å². The number of hydrogen-bond donors (Lipinski definition) is 0. The van der Waals surface area contributed by atoms with Gasteiger partial charge in [0.2, 0.25) is 5.95 Å². The zero-order chi connectivity index (χ0) is 19.2. The Bertz CT molecular complexity index is 859. The first-order valence-electron chi connectivity index (χ1n) is 9.49. The predicted octanol–water partition coefficient (Wildman–Crippen LogP) is 3.98. The van der Waals surface area contributed by atoms with Crippen molar-refractivity contribution in [2.24, 2.45) is 0 Å². The van der Waals surface area contributed by atoms with Crippen LogP contribution in [0.5, 0.6) is 5.75 Å². The summed E-state index contributed by atoms with van der Waals surface area (Å²) in [4.78, 5) is 13.3. The van der Waals surface area contributed by atoms with Crippen LogP contribution in [0.2, 0.25) is 0 Å². The Balaban J connectivity index is 0.00000240. The number of benzene rings is 2. The van der Waals surface area contributed by atoms with Crippen molar-refractivity contribution in [2.45, 2.75) is 6.10 Å². The molecule has 1 aliphatic heterocycles. The molecule has 1 unspecified atom stereocenters. The maximum atomic E-state index is 13.2. The second-order valence-corrected chi connectivity index (χ2v) is 6.81. The van der Waals surface area contributed by atoms with Crippen LogP contribution in [-0.4, -0.2) is 47.6 Å². The van der Waals surface area contributed by atoms with Gasteiger partial charge in [-0.1, -0.05) is 30.3 Å². The zero-order valence-corrected chi connectivity index (χ0v) is 16.8. The van der Waals surface area contributed by atoms with Gasteiger partial charge in [-0.15, -0.1) is 12.4 Å². The second-order valence-electron chi connectivity index (χ2n) is 6.81. The number of nitrogens with zero attached hydrogens (tertiary/aromatic N) is 4. The summed E-state index contributed by atoms with van der Waals surface area (Å²) in [5.74, 6) is 1.19. The van der Waals surface area contributed by atoms with E-state index in [9.17, 15) is 4.39 Å². The molecule has 2 aromatic carbocycles. The number of hydrogen-bond acceptors (Lipinski definition) is 5. The highest BCUT2D eigenvalue weighted by Crippen LogP contribution is 2.24. The highest BCUT2D eigenvalue weighted by molar-refractivity contribution is 5.85. The highest BCUT2D eigenvalue weighted by atomic mass is 35.5. The molecule has 0 saturated carbocycles. The fraction of sp³-hybridized carbons (Fsp3) is 0.273. The summed E-state index contributed by atoms with van der Waals surface area (Å²) in [5, 5.41) is 0. The van der Waals surface area contributed by atoms with Gasteiger partial charge in [-0.25, -0.2) is 14.4 Å². The lowest BCUT2D eigenvalue weighted by Crippen LogP contribution is -2.48. The standard InChI is InChI=1S/C22H23FN4O.ClH/c23-19-7-9-20(10-8-19)28-21(18-5-2-1-3-6-18)17-26-13-15-27(16-14-26)22-24-11-4-12-25-22;/h1-12,21H,13-17H2;1H. The predicted molar refractivity (Wildman–Crippen MR) is 114 cm³/mol. The molecular formula is C22H24ClFN4O. The van der Waals surface area contributed by atoms with Crippen molar-refractivity contribution in [3.8, 4) is 5.75 Å². The minimum atomic E-state index is -0.261. The van der Waals surface area contributed by atoms with Gasteiger partial charge in [0.25, 0.3) is 0 Å². The average molecular weight is 415 g/mol. The fourth-order valence-electron chi connectivity index (χ4n) is 3.38. The van der Waals surface area contributed by atoms with Gasteiger partial charge in [0, 0.05) is 45.1 Å². The van der Waals surface area contributed by atoms with E-state index >= 15 is 0 Å². The molecule has 0 amide bonds. The molecule has 3 aromatic rings. The first-order chi connectivity index (χ1) is 13.8. The SMILES string of the molecule is Cl.Fc1ccc(OC(CN2CCN(c3ncccn3)CC2)c2ccccc2)cc1. The van der Waals surface area contributed by atoms with Crippen molar-refractivity contribution in [2.75, 3.05) is 37.6 Å². The summed E-state index contributed by atoms with van der Waals surface area (Å²) in [5.41, 5.74) is 1.11. The average Bonchev–Trinajstić information content (AvgIpc) is 2.76. The van der Waals surface area contributed by atoms with E-state index in [4.69, 9.17) is 4.74 Å². The van der Waals surface area contributed by atoms with Gasteiger partial charge >= 0.3 is 0 Å². The van der Waals surface area contributed by atoms with Crippen LogP contribution in [-0.2, 0) is 0 Å². The van der Waals surface area contributed by atoms with Gasteiger partial charge in [-0.2, -0.15) is 0 Å². The summed E-state index contributed by atoms with van der Waals surface area (Å²) in [6, 6.07) is 18.2. The molecule has 1 saturated heterocycles. The lowest BCUT2D eigenvalue weighted by Gasteiger charge is -2.36. The molecule has 1 aromatic heterocycles. The Morgan fingerprint density at radius 1 is 0.862 bits per heavy atom. The van der Waals surface area contributed by atoms with E-state index in [-0.39, 0.29) is 24.3 Å². The van der Waals surface area contributed by atoms with Crippen LogP contribution in [0.1, 0.15) is 11.7 Å². The first kappa shape index (κ1) is 21.0. The zero-order valence-electron chi connectivity index (χ0n) is 16.0. The Morgan fingerprint density at radius 2 is 1.52 bits per heavy atom. The van der Waals surface area contributed by atoms with E-state index in [1.807, 2.05) is 24.3 Å². The third kappa shape index (κ3) is 5.65. The van der Waals surface area contributed by atoms with Crippen LogP contribution in [0.15, 0.2) is 73.1 Å². The Morgan fingerprint density at radius 3 is 2.17 bits per heavy atom. The van der Waals surface area contributed by atoms with Crippen molar-refractivity contribution in [1.82, 2.24) is 14.9 Å². The van der Waals surface area contributed by atoms with Crippen LogP contribution in [0.25, 0.3) is 0 Å². The quantitative estimate of drug-likeness (QED) is 0.610. The van der Waals surface area contributed by atoms with E-state index in [1.165, 1.54) is 12.1 Å². The van der Waals surface area contributed by atoms with Crippen molar-refractivity contribution >= 4 is 18.4 Å². The monoisotopic (exact) mass is 414 g/mol. The molecule has 1 atom stereocenters. The molecule has 0 aliphatic carbocycles. The molecule has 1 fully saturated rings. The van der Waals surface area contributed by atoms with E-state index in [2.05, 4.69) is 31.9 Å². The van der Waals surface area contributed by atoms with Crippen LogP contribution < -0.4 is 9.64 Å². The van der Waals surface area contributed by atoms with Crippen molar-refractivity contribution < 1.29 is 9.13 Å². The molecule has 0 spiro atoms.